The fourth-order valence-electron chi connectivity index (χ4n) is 9.88. The zero-order chi connectivity index (χ0) is 29.2. The molecule has 10 rings (SSSR count). The van der Waals surface area contributed by atoms with Crippen molar-refractivity contribution in [1.82, 2.24) is 0 Å². The molecule has 0 radical (unpaired) electrons. The van der Waals surface area contributed by atoms with Gasteiger partial charge >= 0.3 is 0 Å². The molecule has 0 amide bonds. The average Bonchev–Trinajstić information content (AvgIpc) is 3.55. The molecule has 5 aromatic carbocycles. The standard InChI is InChI=1S/C41H34BNS/c1-40-24-10-11-25-41(40,2)43-33-22-12-18-29-35(36-28-17-7-9-23-34(28)44-39(36)26-14-4-3-5-15-26)27-16-6-8-20-31(27)42(37(29)33)32-21-13-19-30(40)38(32)43/h3-9,12-23,35H,10-11,24-25H2,1-2H3. The molecule has 212 valence electrons. The molecule has 1 fully saturated rings. The molecule has 4 aliphatic rings. The van der Waals surface area contributed by atoms with E-state index < -0.39 is 0 Å². The van der Waals surface area contributed by atoms with E-state index in [1.807, 2.05) is 11.3 Å². The predicted octanol–water partition coefficient (Wildman–Crippen LogP) is 8.63. The Balaban J connectivity index is 1.32. The molecule has 0 N–H and O–H groups in total. The lowest BCUT2D eigenvalue weighted by atomic mass is 9.31. The van der Waals surface area contributed by atoms with Crippen LogP contribution in [0.5, 0.6) is 0 Å². The second-order valence-corrected chi connectivity index (χ2v) is 14.9. The Bertz CT molecular complexity index is 2150. The van der Waals surface area contributed by atoms with Crippen LogP contribution in [0.25, 0.3) is 20.5 Å². The first kappa shape index (κ1) is 25.3. The normalized spacial score (nSPS) is 24.1. The van der Waals surface area contributed by atoms with Gasteiger partial charge in [0.05, 0.1) is 5.54 Å². The van der Waals surface area contributed by atoms with Crippen LogP contribution >= 0.6 is 11.3 Å². The van der Waals surface area contributed by atoms with Gasteiger partial charge in [-0.3, -0.25) is 0 Å². The number of hydrogen-bond acceptors (Lipinski definition) is 2. The first-order valence-corrected chi connectivity index (χ1v) is 17.1. The van der Waals surface area contributed by atoms with Gasteiger partial charge in [-0.1, -0.05) is 128 Å². The van der Waals surface area contributed by atoms with Crippen LogP contribution in [0, 0.1) is 0 Å². The topological polar surface area (TPSA) is 3.24 Å². The molecule has 4 heterocycles. The lowest BCUT2D eigenvalue weighted by Gasteiger charge is -2.52. The first-order valence-electron chi connectivity index (χ1n) is 16.3. The Kier molecular flexibility index (Phi) is 5.03. The minimum absolute atomic E-state index is 0.0700. The fourth-order valence-corrected chi connectivity index (χ4v) is 11.1. The highest BCUT2D eigenvalue weighted by molar-refractivity contribution is 7.22. The molecule has 1 saturated carbocycles. The van der Waals surface area contributed by atoms with Crippen molar-refractivity contribution in [2.45, 2.75) is 56.4 Å². The number of fused-ring (bicyclic) bond motifs is 8. The van der Waals surface area contributed by atoms with Crippen LogP contribution in [0.2, 0.25) is 0 Å². The van der Waals surface area contributed by atoms with E-state index in [-0.39, 0.29) is 23.6 Å². The zero-order valence-corrected chi connectivity index (χ0v) is 26.1. The van der Waals surface area contributed by atoms with E-state index in [0.717, 1.165) is 0 Å². The lowest BCUT2D eigenvalue weighted by Crippen LogP contribution is -2.64. The number of anilines is 2. The third-order valence-electron chi connectivity index (χ3n) is 12.0. The van der Waals surface area contributed by atoms with Gasteiger partial charge in [0.2, 0.25) is 6.71 Å². The van der Waals surface area contributed by atoms with E-state index in [0.29, 0.717) is 0 Å². The van der Waals surface area contributed by atoms with Crippen molar-refractivity contribution in [2.24, 2.45) is 0 Å². The molecule has 0 saturated heterocycles. The number of para-hydroxylation sites is 1. The monoisotopic (exact) mass is 583 g/mol. The van der Waals surface area contributed by atoms with Crippen LogP contribution in [0.4, 0.5) is 11.4 Å². The molecule has 6 aromatic rings. The summed E-state index contributed by atoms with van der Waals surface area (Å²) in [6.45, 7) is 5.39. The minimum Gasteiger partial charge on any atom is -0.335 e. The highest BCUT2D eigenvalue weighted by atomic mass is 32.1. The van der Waals surface area contributed by atoms with Gasteiger partial charge in [0.15, 0.2) is 0 Å². The molecule has 44 heavy (non-hydrogen) atoms. The summed E-state index contributed by atoms with van der Waals surface area (Å²) in [6, 6.07) is 44.1. The summed E-state index contributed by atoms with van der Waals surface area (Å²) in [5.74, 6) is 0.168. The molecule has 3 heteroatoms. The summed E-state index contributed by atoms with van der Waals surface area (Å²) in [6.07, 6.45) is 5.12. The summed E-state index contributed by atoms with van der Waals surface area (Å²) >= 11 is 1.95. The van der Waals surface area contributed by atoms with Crippen molar-refractivity contribution in [3.05, 3.63) is 138 Å². The van der Waals surface area contributed by atoms with E-state index in [4.69, 9.17) is 0 Å². The van der Waals surface area contributed by atoms with Gasteiger partial charge in [0.25, 0.3) is 0 Å². The molecular weight excluding hydrogens is 549 g/mol. The fraction of sp³-hybridized carbons (Fsp3) is 0.220. The quantitative estimate of drug-likeness (QED) is 0.184. The van der Waals surface area contributed by atoms with Crippen molar-refractivity contribution in [2.75, 3.05) is 4.90 Å². The highest BCUT2D eigenvalue weighted by Gasteiger charge is 2.61. The van der Waals surface area contributed by atoms with E-state index in [1.54, 1.807) is 5.56 Å². The van der Waals surface area contributed by atoms with E-state index >= 15 is 0 Å². The van der Waals surface area contributed by atoms with E-state index in [9.17, 15) is 0 Å². The number of thiophene rings is 1. The predicted molar refractivity (Wildman–Crippen MR) is 189 cm³/mol. The third kappa shape index (κ3) is 2.97. The second kappa shape index (κ2) is 8.76. The Morgan fingerprint density at radius 1 is 0.705 bits per heavy atom. The van der Waals surface area contributed by atoms with Gasteiger partial charge in [-0.25, -0.2) is 0 Å². The van der Waals surface area contributed by atoms with Crippen LogP contribution in [0.1, 0.15) is 67.7 Å². The molecular formula is C41H34BNS. The smallest absolute Gasteiger partial charge is 0.247 e. The van der Waals surface area contributed by atoms with Crippen molar-refractivity contribution >= 4 is 55.9 Å². The Morgan fingerprint density at radius 2 is 1.43 bits per heavy atom. The number of hydrogen-bond donors (Lipinski definition) is 0. The molecule has 0 bridgehead atoms. The Morgan fingerprint density at radius 3 is 2.34 bits per heavy atom. The van der Waals surface area contributed by atoms with Crippen molar-refractivity contribution in [3.8, 4) is 10.4 Å². The van der Waals surface area contributed by atoms with Crippen LogP contribution in [0.15, 0.2) is 115 Å². The van der Waals surface area contributed by atoms with Gasteiger partial charge < -0.3 is 4.90 Å². The largest absolute Gasteiger partial charge is 0.335 e. The molecule has 3 unspecified atom stereocenters. The number of rotatable bonds is 2. The summed E-state index contributed by atoms with van der Waals surface area (Å²) in [4.78, 5) is 4.23. The second-order valence-electron chi connectivity index (χ2n) is 13.9. The molecule has 3 aliphatic heterocycles. The van der Waals surface area contributed by atoms with Crippen LogP contribution in [0.3, 0.4) is 0 Å². The average molecular weight is 584 g/mol. The summed E-state index contributed by atoms with van der Waals surface area (Å²) in [7, 11) is 0. The molecule has 1 aliphatic carbocycles. The molecule has 1 aromatic heterocycles. The summed E-state index contributed by atoms with van der Waals surface area (Å²) in [5.41, 5.74) is 15.0. The number of nitrogens with zero attached hydrogens (tertiary/aromatic N) is 1. The van der Waals surface area contributed by atoms with Crippen LogP contribution in [-0.4, -0.2) is 12.3 Å². The van der Waals surface area contributed by atoms with Crippen LogP contribution in [-0.2, 0) is 5.41 Å². The third-order valence-corrected chi connectivity index (χ3v) is 13.2. The van der Waals surface area contributed by atoms with Crippen molar-refractivity contribution < 1.29 is 0 Å². The Labute approximate surface area is 264 Å². The molecule has 3 atom stereocenters. The van der Waals surface area contributed by atoms with Crippen molar-refractivity contribution in [1.29, 1.82) is 0 Å². The number of benzene rings is 5. The van der Waals surface area contributed by atoms with Gasteiger partial charge in [-0.05, 0) is 76.0 Å². The first-order chi connectivity index (χ1) is 21.6. The van der Waals surface area contributed by atoms with Crippen molar-refractivity contribution in [3.63, 3.8) is 0 Å². The molecule has 1 nitrogen and oxygen atoms in total. The van der Waals surface area contributed by atoms with E-state index in [1.165, 1.54) is 90.7 Å². The van der Waals surface area contributed by atoms with Gasteiger partial charge in [-0.2, -0.15) is 0 Å². The highest BCUT2D eigenvalue weighted by Crippen LogP contribution is 2.61. The van der Waals surface area contributed by atoms with Gasteiger partial charge in [0.1, 0.15) is 0 Å². The van der Waals surface area contributed by atoms with Crippen LogP contribution < -0.4 is 21.3 Å². The van der Waals surface area contributed by atoms with E-state index in [2.05, 4.69) is 134 Å². The maximum atomic E-state index is 2.83. The zero-order valence-electron chi connectivity index (χ0n) is 25.3. The maximum Gasteiger partial charge on any atom is 0.247 e. The maximum absolute atomic E-state index is 2.83. The molecule has 0 spiro atoms. The summed E-state index contributed by atoms with van der Waals surface area (Å²) in [5, 5.41) is 1.39. The Hall–Kier alpha value is -4.08. The van der Waals surface area contributed by atoms with Gasteiger partial charge in [-0.15, -0.1) is 11.3 Å². The SMILES string of the molecule is CC12CCCCC1(C)N1c3cccc4c3B(c3ccccc3C4c3c(-c4ccccc4)sc4ccccc34)c3cccc2c31. The summed E-state index contributed by atoms with van der Waals surface area (Å²) < 4.78 is 1.37. The minimum atomic E-state index is 0.0700. The van der Waals surface area contributed by atoms with Gasteiger partial charge in [0, 0.05) is 32.3 Å². The lowest BCUT2D eigenvalue weighted by molar-refractivity contribution is 0.195.